The van der Waals surface area contributed by atoms with E-state index in [2.05, 4.69) is 9.97 Å². The van der Waals surface area contributed by atoms with Crippen molar-refractivity contribution in [1.29, 1.82) is 0 Å². The quantitative estimate of drug-likeness (QED) is 0.722. The van der Waals surface area contributed by atoms with Gasteiger partial charge in [0.1, 0.15) is 0 Å². The molecule has 1 saturated carbocycles. The fourth-order valence-corrected chi connectivity index (χ4v) is 2.45. The molecule has 0 atom stereocenters. The summed E-state index contributed by atoms with van der Waals surface area (Å²) in [4.78, 5) is 6.30. The third-order valence-corrected chi connectivity index (χ3v) is 4.54. The number of H-pyrrole nitrogens is 1. The molecule has 1 aliphatic rings. The van der Waals surface area contributed by atoms with Gasteiger partial charge in [0, 0.05) is 20.2 Å². The first-order chi connectivity index (χ1) is 8.10. The Labute approximate surface area is 101 Å². The highest BCUT2D eigenvalue weighted by Crippen LogP contribution is 2.28. The summed E-state index contributed by atoms with van der Waals surface area (Å²) in [7, 11) is -1.91. The lowest BCUT2D eigenvalue weighted by atomic mass is 10.5. The first-order valence-electron chi connectivity index (χ1n) is 5.63. The van der Waals surface area contributed by atoms with Crippen molar-refractivity contribution in [3.05, 3.63) is 12.5 Å². The average Bonchev–Trinajstić information content (AvgIpc) is 2.94. The van der Waals surface area contributed by atoms with E-state index in [4.69, 9.17) is 4.74 Å². The highest BCUT2D eigenvalue weighted by atomic mass is 32.2. The molecular weight excluding hydrogens is 242 g/mol. The molecule has 1 fully saturated rings. The Balaban J connectivity index is 1.79. The van der Waals surface area contributed by atoms with E-state index in [1.165, 1.54) is 36.7 Å². The van der Waals surface area contributed by atoms with Crippen molar-refractivity contribution >= 4 is 10.0 Å². The smallest absolute Gasteiger partial charge is 0.259 e. The molecule has 1 aromatic heterocycles. The van der Waals surface area contributed by atoms with E-state index >= 15 is 0 Å². The van der Waals surface area contributed by atoms with Crippen LogP contribution < -0.4 is 0 Å². The standard InChI is InChI=1S/C10H17N3O3S/c1-13(4-5-16-7-9-2-3-9)17(14,15)10-6-11-8-12-10/h6,8-9H,2-5,7H2,1H3,(H,11,12). The molecule has 0 aromatic carbocycles. The van der Waals surface area contributed by atoms with Gasteiger partial charge in [-0.3, -0.25) is 0 Å². The van der Waals surface area contributed by atoms with Gasteiger partial charge in [-0.15, -0.1) is 0 Å². The van der Waals surface area contributed by atoms with Crippen LogP contribution in [-0.2, 0) is 14.8 Å². The summed E-state index contributed by atoms with van der Waals surface area (Å²) < 4.78 is 30.5. The Bertz CT molecular complexity index is 439. The van der Waals surface area contributed by atoms with Crippen LogP contribution in [0.15, 0.2) is 17.6 Å². The summed E-state index contributed by atoms with van der Waals surface area (Å²) in [5, 5.41) is 0.113. The average molecular weight is 259 g/mol. The van der Waals surface area contributed by atoms with Crippen LogP contribution in [-0.4, -0.2) is 49.5 Å². The van der Waals surface area contributed by atoms with E-state index in [9.17, 15) is 8.42 Å². The molecule has 1 heterocycles. The topological polar surface area (TPSA) is 75.3 Å². The van der Waals surface area contributed by atoms with Crippen molar-refractivity contribution in [1.82, 2.24) is 14.3 Å². The lowest BCUT2D eigenvalue weighted by Crippen LogP contribution is -2.30. The van der Waals surface area contributed by atoms with Gasteiger partial charge in [0.15, 0.2) is 5.03 Å². The maximum absolute atomic E-state index is 11.9. The second kappa shape index (κ2) is 5.16. The SMILES string of the molecule is CN(CCOCC1CC1)S(=O)(=O)c1cnc[nH]1. The maximum atomic E-state index is 11.9. The summed E-state index contributed by atoms with van der Waals surface area (Å²) in [5.74, 6) is 0.699. The van der Waals surface area contributed by atoms with Crippen molar-refractivity contribution in [2.75, 3.05) is 26.8 Å². The number of likely N-dealkylation sites (N-methyl/N-ethyl adjacent to an activating group) is 1. The van der Waals surface area contributed by atoms with Gasteiger partial charge < -0.3 is 9.72 Å². The number of ether oxygens (including phenoxy) is 1. The van der Waals surface area contributed by atoms with E-state index in [1.54, 1.807) is 0 Å². The molecule has 0 saturated heterocycles. The maximum Gasteiger partial charge on any atom is 0.259 e. The van der Waals surface area contributed by atoms with Crippen LogP contribution in [0.2, 0.25) is 0 Å². The molecule has 1 aliphatic carbocycles. The van der Waals surface area contributed by atoms with E-state index in [-0.39, 0.29) is 5.03 Å². The minimum Gasteiger partial charge on any atom is -0.380 e. The second-order valence-electron chi connectivity index (χ2n) is 4.26. The summed E-state index contributed by atoms with van der Waals surface area (Å²) in [6.07, 6.45) is 5.13. The predicted octanol–water partition coefficient (Wildman–Crippen LogP) is 0.457. The molecule has 0 aliphatic heterocycles. The number of hydrogen-bond donors (Lipinski definition) is 1. The summed E-state index contributed by atoms with van der Waals surface area (Å²) in [6, 6.07) is 0. The molecule has 0 bridgehead atoms. The van der Waals surface area contributed by atoms with Crippen LogP contribution in [0.3, 0.4) is 0 Å². The van der Waals surface area contributed by atoms with Crippen LogP contribution in [0.25, 0.3) is 0 Å². The zero-order valence-corrected chi connectivity index (χ0v) is 10.6. The molecule has 0 unspecified atom stereocenters. The number of rotatable bonds is 7. The molecule has 17 heavy (non-hydrogen) atoms. The number of aromatic nitrogens is 2. The number of imidazole rings is 1. The van der Waals surface area contributed by atoms with Gasteiger partial charge in [-0.2, -0.15) is 4.31 Å². The Morgan fingerprint density at radius 3 is 2.94 bits per heavy atom. The van der Waals surface area contributed by atoms with Crippen LogP contribution in [0.1, 0.15) is 12.8 Å². The van der Waals surface area contributed by atoms with E-state index < -0.39 is 10.0 Å². The molecule has 0 radical (unpaired) electrons. The zero-order chi connectivity index (χ0) is 12.3. The second-order valence-corrected chi connectivity index (χ2v) is 6.27. The number of hydrogen-bond acceptors (Lipinski definition) is 4. The minimum atomic E-state index is -3.45. The van der Waals surface area contributed by atoms with Crippen molar-refractivity contribution in [2.24, 2.45) is 5.92 Å². The van der Waals surface area contributed by atoms with Crippen molar-refractivity contribution in [3.8, 4) is 0 Å². The highest BCUT2D eigenvalue weighted by molar-refractivity contribution is 7.89. The Morgan fingerprint density at radius 2 is 2.35 bits per heavy atom. The third kappa shape index (κ3) is 3.27. The highest BCUT2D eigenvalue weighted by Gasteiger charge is 2.23. The first-order valence-corrected chi connectivity index (χ1v) is 7.07. The molecular formula is C10H17N3O3S. The van der Waals surface area contributed by atoms with E-state index in [1.807, 2.05) is 0 Å². The van der Waals surface area contributed by atoms with Gasteiger partial charge in [-0.1, -0.05) is 0 Å². The number of nitrogens with one attached hydrogen (secondary N) is 1. The Morgan fingerprint density at radius 1 is 1.59 bits per heavy atom. The van der Waals surface area contributed by atoms with E-state index in [0.29, 0.717) is 19.1 Å². The number of nitrogens with zero attached hydrogens (tertiary/aromatic N) is 2. The summed E-state index contributed by atoms with van der Waals surface area (Å²) >= 11 is 0. The van der Waals surface area contributed by atoms with Crippen LogP contribution in [0.5, 0.6) is 0 Å². The van der Waals surface area contributed by atoms with Gasteiger partial charge in [0.25, 0.3) is 10.0 Å². The molecule has 1 aromatic rings. The lowest BCUT2D eigenvalue weighted by Gasteiger charge is -2.15. The molecule has 0 spiro atoms. The Hall–Kier alpha value is -0.920. The minimum absolute atomic E-state index is 0.113. The lowest BCUT2D eigenvalue weighted by molar-refractivity contribution is 0.117. The Kier molecular flexibility index (Phi) is 3.80. The first kappa shape index (κ1) is 12.5. The van der Waals surface area contributed by atoms with Gasteiger partial charge >= 0.3 is 0 Å². The normalized spacial score (nSPS) is 16.6. The van der Waals surface area contributed by atoms with Gasteiger partial charge in [0.05, 0.1) is 19.1 Å². The molecule has 6 nitrogen and oxygen atoms in total. The molecule has 2 rings (SSSR count). The molecule has 1 N–H and O–H groups in total. The molecule has 7 heteroatoms. The van der Waals surface area contributed by atoms with Crippen molar-refractivity contribution in [2.45, 2.75) is 17.9 Å². The van der Waals surface area contributed by atoms with Gasteiger partial charge in [-0.05, 0) is 18.8 Å². The van der Waals surface area contributed by atoms with Crippen molar-refractivity contribution in [3.63, 3.8) is 0 Å². The van der Waals surface area contributed by atoms with Crippen LogP contribution in [0.4, 0.5) is 0 Å². The molecule has 96 valence electrons. The predicted molar refractivity (Wildman–Crippen MR) is 61.9 cm³/mol. The zero-order valence-electron chi connectivity index (χ0n) is 9.80. The van der Waals surface area contributed by atoms with Gasteiger partial charge in [-0.25, -0.2) is 13.4 Å². The third-order valence-electron chi connectivity index (χ3n) is 2.76. The van der Waals surface area contributed by atoms with E-state index in [0.717, 1.165) is 6.61 Å². The monoisotopic (exact) mass is 259 g/mol. The van der Waals surface area contributed by atoms with Crippen LogP contribution >= 0.6 is 0 Å². The van der Waals surface area contributed by atoms with Gasteiger partial charge in [0.2, 0.25) is 0 Å². The van der Waals surface area contributed by atoms with Crippen LogP contribution in [0, 0.1) is 5.92 Å². The number of sulfonamides is 1. The largest absolute Gasteiger partial charge is 0.380 e. The molecule has 0 amide bonds. The fraction of sp³-hybridized carbons (Fsp3) is 0.700. The fourth-order valence-electron chi connectivity index (χ4n) is 1.40. The summed E-state index contributed by atoms with van der Waals surface area (Å²) in [5.41, 5.74) is 0. The van der Waals surface area contributed by atoms with Crippen molar-refractivity contribution < 1.29 is 13.2 Å². The summed E-state index contributed by atoms with van der Waals surface area (Å²) in [6.45, 7) is 1.53. The number of aromatic amines is 1.